The van der Waals surface area contributed by atoms with E-state index < -0.39 is 42.1 Å². The highest BCUT2D eigenvalue weighted by Gasteiger charge is 2.31. The molecule has 0 aliphatic heterocycles. The van der Waals surface area contributed by atoms with Crippen LogP contribution < -0.4 is 10.6 Å². The maximum Gasteiger partial charge on any atom is 0.416 e. The van der Waals surface area contributed by atoms with E-state index in [0.29, 0.717) is 17.9 Å². The molecule has 0 bridgehead atoms. The first-order valence-corrected chi connectivity index (χ1v) is 11.8. The first-order valence-electron chi connectivity index (χ1n) is 11.4. The molecule has 0 radical (unpaired) electrons. The standard InChI is InChI=1S/C25H26ClF3N2O6/c1-2-3-13-36-24(35)16-7-10-18(11-8-16)30-22(33)15-37-23(34)6-4-5-21(32)31-20-14-17(25(27,28)29)9-12-19(20)26/h7-12,14H,2-6,13,15H2,1H3,(H,30,33)(H,31,32). The van der Waals surface area contributed by atoms with E-state index in [2.05, 4.69) is 10.6 Å². The molecule has 0 saturated heterocycles. The molecular weight excluding hydrogens is 517 g/mol. The summed E-state index contributed by atoms with van der Waals surface area (Å²) < 4.78 is 48.4. The second kappa shape index (κ2) is 14.2. The minimum atomic E-state index is -4.59. The molecule has 37 heavy (non-hydrogen) atoms. The Morgan fingerprint density at radius 2 is 1.59 bits per heavy atom. The fraction of sp³-hybridized carbons (Fsp3) is 0.360. The van der Waals surface area contributed by atoms with E-state index in [1.807, 2.05) is 6.92 Å². The molecule has 2 N–H and O–H groups in total. The number of carbonyl (C=O) groups excluding carboxylic acids is 4. The number of hydrogen-bond acceptors (Lipinski definition) is 6. The number of rotatable bonds is 12. The van der Waals surface area contributed by atoms with Gasteiger partial charge < -0.3 is 20.1 Å². The molecule has 0 aliphatic carbocycles. The lowest BCUT2D eigenvalue weighted by Gasteiger charge is -2.11. The van der Waals surface area contributed by atoms with E-state index >= 15 is 0 Å². The highest BCUT2D eigenvalue weighted by molar-refractivity contribution is 6.33. The van der Waals surface area contributed by atoms with Crippen LogP contribution in [0.3, 0.4) is 0 Å². The first kappa shape index (κ1) is 29.6. The van der Waals surface area contributed by atoms with Gasteiger partial charge in [-0.05, 0) is 55.3 Å². The molecule has 0 spiro atoms. The van der Waals surface area contributed by atoms with Crippen LogP contribution in [0.2, 0.25) is 5.02 Å². The van der Waals surface area contributed by atoms with Crippen molar-refractivity contribution in [1.82, 2.24) is 0 Å². The van der Waals surface area contributed by atoms with Crippen LogP contribution in [0.25, 0.3) is 0 Å². The van der Waals surface area contributed by atoms with Crippen molar-refractivity contribution in [3.63, 3.8) is 0 Å². The fourth-order valence-electron chi connectivity index (χ4n) is 2.90. The number of nitrogens with one attached hydrogen (secondary N) is 2. The van der Waals surface area contributed by atoms with Gasteiger partial charge in [0.1, 0.15) is 0 Å². The zero-order chi connectivity index (χ0) is 27.4. The monoisotopic (exact) mass is 542 g/mol. The van der Waals surface area contributed by atoms with Crippen LogP contribution in [0, 0.1) is 0 Å². The van der Waals surface area contributed by atoms with Crippen molar-refractivity contribution in [2.24, 2.45) is 0 Å². The molecule has 2 rings (SSSR count). The zero-order valence-corrected chi connectivity index (χ0v) is 20.7. The largest absolute Gasteiger partial charge is 0.462 e. The quantitative estimate of drug-likeness (QED) is 0.266. The van der Waals surface area contributed by atoms with Gasteiger partial charge >= 0.3 is 18.1 Å². The number of benzene rings is 2. The third kappa shape index (κ3) is 10.5. The summed E-state index contributed by atoms with van der Waals surface area (Å²) in [7, 11) is 0. The van der Waals surface area contributed by atoms with Crippen molar-refractivity contribution < 1.29 is 41.8 Å². The Morgan fingerprint density at radius 3 is 2.24 bits per heavy atom. The van der Waals surface area contributed by atoms with Gasteiger partial charge in [-0.15, -0.1) is 0 Å². The number of alkyl halides is 3. The van der Waals surface area contributed by atoms with E-state index in [9.17, 15) is 32.3 Å². The lowest BCUT2D eigenvalue weighted by molar-refractivity contribution is -0.147. The van der Waals surface area contributed by atoms with Crippen molar-refractivity contribution in [3.8, 4) is 0 Å². The Balaban J connectivity index is 1.70. The van der Waals surface area contributed by atoms with Crippen molar-refractivity contribution in [2.45, 2.75) is 45.2 Å². The summed E-state index contributed by atoms with van der Waals surface area (Å²) in [5, 5.41) is 4.73. The van der Waals surface area contributed by atoms with Crippen LogP contribution >= 0.6 is 11.6 Å². The summed E-state index contributed by atoms with van der Waals surface area (Å²) in [5.74, 6) is -2.44. The lowest BCUT2D eigenvalue weighted by atomic mass is 10.2. The highest BCUT2D eigenvalue weighted by atomic mass is 35.5. The second-order valence-corrected chi connectivity index (χ2v) is 8.28. The predicted octanol–water partition coefficient (Wildman–Crippen LogP) is 5.61. The summed E-state index contributed by atoms with van der Waals surface area (Å²) in [4.78, 5) is 47.7. The van der Waals surface area contributed by atoms with E-state index in [1.54, 1.807) is 0 Å². The Labute approximate surface area is 216 Å². The average molecular weight is 543 g/mol. The SMILES string of the molecule is CCCCOC(=O)c1ccc(NC(=O)COC(=O)CCCC(=O)Nc2cc(C(F)(F)F)ccc2Cl)cc1. The van der Waals surface area contributed by atoms with Crippen molar-refractivity contribution in [2.75, 3.05) is 23.8 Å². The van der Waals surface area contributed by atoms with Crippen LogP contribution in [0.4, 0.5) is 24.5 Å². The topological polar surface area (TPSA) is 111 Å². The van der Waals surface area contributed by atoms with Crippen LogP contribution in [-0.2, 0) is 30.0 Å². The Morgan fingerprint density at radius 1 is 0.892 bits per heavy atom. The molecule has 0 aliphatic rings. The number of unbranched alkanes of at least 4 members (excludes halogenated alkanes) is 1. The molecule has 0 heterocycles. The molecule has 0 saturated carbocycles. The Bertz CT molecular complexity index is 1110. The van der Waals surface area contributed by atoms with Crippen LogP contribution in [-0.4, -0.2) is 37.0 Å². The summed E-state index contributed by atoms with van der Waals surface area (Å²) in [6, 6.07) is 8.54. The van der Waals surface area contributed by atoms with Crippen molar-refractivity contribution >= 4 is 46.7 Å². The Kier molecular flexibility index (Phi) is 11.4. The van der Waals surface area contributed by atoms with Crippen molar-refractivity contribution in [3.05, 3.63) is 58.6 Å². The molecule has 0 unspecified atom stereocenters. The molecule has 12 heteroatoms. The molecular formula is C25H26ClF3N2O6. The minimum Gasteiger partial charge on any atom is -0.462 e. The van der Waals surface area contributed by atoms with E-state index in [1.165, 1.54) is 24.3 Å². The first-order chi connectivity index (χ1) is 17.5. The maximum absolute atomic E-state index is 12.8. The number of esters is 2. The molecule has 2 aromatic carbocycles. The number of hydrogen-bond donors (Lipinski definition) is 2. The predicted molar refractivity (Wildman–Crippen MR) is 130 cm³/mol. The normalized spacial score (nSPS) is 10.9. The number of anilines is 2. The molecule has 0 aromatic heterocycles. The Hall–Kier alpha value is -3.60. The molecule has 200 valence electrons. The third-order valence-corrected chi connectivity index (χ3v) is 5.18. The van der Waals surface area contributed by atoms with Crippen LogP contribution in [0.5, 0.6) is 0 Å². The second-order valence-electron chi connectivity index (χ2n) is 7.87. The molecule has 2 aromatic rings. The fourth-order valence-corrected chi connectivity index (χ4v) is 3.07. The molecule has 8 nitrogen and oxygen atoms in total. The zero-order valence-electron chi connectivity index (χ0n) is 20.0. The van der Waals surface area contributed by atoms with E-state index in [0.717, 1.165) is 31.0 Å². The number of carbonyl (C=O) groups is 4. The smallest absolute Gasteiger partial charge is 0.416 e. The van der Waals surface area contributed by atoms with Gasteiger partial charge in [0.15, 0.2) is 6.61 Å². The number of halogens is 4. The van der Waals surface area contributed by atoms with Crippen LogP contribution in [0.15, 0.2) is 42.5 Å². The average Bonchev–Trinajstić information content (AvgIpc) is 2.84. The van der Waals surface area contributed by atoms with Gasteiger partial charge in [-0.2, -0.15) is 13.2 Å². The van der Waals surface area contributed by atoms with Gasteiger partial charge in [0.2, 0.25) is 5.91 Å². The highest BCUT2D eigenvalue weighted by Crippen LogP contribution is 2.33. The maximum atomic E-state index is 12.8. The van der Waals surface area contributed by atoms with Gasteiger partial charge in [0.25, 0.3) is 5.91 Å². The van der Waals surface area contributed by atoms with E-state index in [4.69, 9.17) is 21.1 Å². The summed E-state index contributed by atoms with van der Waals surface area (Å²) in [6.45, 7) is 1.74. The lowest BCUT2D eigenvalue weighted by Crippen LogP contribution is -2.21. The van der Waals surface area contributed by atoms with Gasteiger partial charge in [-0.1, -0.05) is 24.9 Å². The van der Waals surface area contributed by atoms with Gasteiger partial charge in [0, 0.05) is 18.5 Å². The van der Waals surface area contributed by atoms with Gasteiger partial charge in [-0.3, -0.25) is 14.4 Å². The van der Waals surface area contributed by atoms with E-state index in [-0.39, 0.29) is 30.0 Å². The van der Waals surface area contributed by atoms with Crippen LogP contribution in [0.1, 0.15) is 54.9 Å². The third-order valence-electron chi connectivity index (χ3n) is 4.85. The van der Waals surface area contributed by atoms with Gasteiger partial charge in [0.05, 0.1) is 28.4 Å². The summed E-state index contributed by atoms with van der Waals surface area (Å²) in [6.07, 6.45) is -3.26. The summed E-state index contributed by atoms with van der Waals surface area (Å²) >= 11 is 5.83. The van der Waals surface area contributed by atoms with Crippen molar-refractivity contribution in [1.29, 1.82) is 0 Å². The molecule has 0 atom stereocenters. The molecule has 0 fully saturated rings. The van der Waals surface area contributed by atoms with Gasteiger partial charge in [-0.25, -0.2) is 4.79 Å². The number of amides is 2. The number of ether oxygens (including phenoxy) is 2. The summed E-state index contributed by atoms with van der Waals surface area (Å²) in [5.41, 5.74) is -0.437. The molecule has 2 amide bonds. The minimum absolute atomic E-state index is 0.0404.